The quantitative estimate of drug-likeness (QED) is 0.599. The van der Waals surface area contributed by atoms with Crippen molar-refractivity contribution in [1.82, 2.24) is 0 Å². The number of nitrogens with zero attached hydrogens (tertiary/aromatic N) is 1. The molecule has 1 heterocycles. The molecule has 1 amide bonds. The molecule has 2 aromatic carbocycles. The lowest BCUT2D eigenvalue weighted by Crippen LogP contribution is -2.42. The Hall–Kier alpha value is -2.38. The summed E-state index contributed by atoms with van der Waals surface area (Å²) in [7, 11) is 2.97. The number of hydrogen-bond donors (Lipinski definition) is 1. The first-order chi connectivity index (χ1) is 13.8. The number of amides is 1. The molecule has 0 saturated carbocycles. The van der Waals surface area contributed by atoms with Crippen molar-refractivity contribution in [1.29, 1.82) is 0 Å². The second kappa shape index (κ2) is 8.55. The number of rotatable bonds is 8. The first-order valence-corrected chi connectivity index (χ1v) is 10.2. The highest BCUT2D eigenvalue weighted by atomic mass is 79.9. The molecule has 0 saturated heterocycles. The van der Waals surface area contributed by atoms with Crippen molar-refractivity contribution >= 4 is 33.3 Å². The van der Waals surface area contributed by atoms with Crippen LogP contribution in [0.4, 0.5) is 5.69 Å². The van der Waals surface area contributed by atoms with Gasteiger partial charge in [0.2, 0.25) is 0 Å². The van der Waals surface area contributed by atoms with Crippen LogP contribution < -0.4 is 14.4 Å². The molecule has 1 aliphatic rings. The zero-order valence-electron chi connectivity index (χ0n) is 16.7. The Balaban J connectivity index is 2.01. The van der Waals surface area contributed by atoms with Gasteiger partial charge in [0.25, 0.3) is 5.91 Å². The molecule has 0 aliphatic carbocycles. The molecule has 1 unspecified atom stereocenters. The fraction of sp³-hybridized carbons (Fsp3) is 0.364. The maximum absolute atomic E-state index is 13.2. The Morgan fingerprint density at radius 1 is 1.17 bits per heavy atom. The fourth-order valence-corrected chi connectivity index (χ4v) is 3.95. The molecule has 7 heteroatoms. The summed E-state index contributed by atoms with van der Waals surface area (Å²) in [6, 6.07) is 10.2. The number of ketones is 1. The molecular weight excluding hydrogens is 438 g/mol. The number of carbonyl (C=O) groups is 2. The van der Waals surface area contributed by atoms with Gasteiger partial charge in [0, 0.05) is 16.6 Å². The first-order valence-electron chi connectivity index (χ1n) is 9.45. The minimum atomic E-state index is -1.93. The van der Waals surface area contributed by atoms with Crippen molar-refractivity contribution in [2.75, 3.05) is 25.7 Å². The van der Waals surface area contributed by atoms with Gasteiger partial charge in [0.15, 0.2) is 11.4 Å². The SMILES string of the molecule is CCCCN1C(=O)C(O)(CC(=O)c2cc(OC)ccc2OC)c2cc(Br)ccc21. The van der Waals surface area contributed by atoms with Crippen LogP contribution in [0.5, 0.6) is 11.5 Å². The maximum atomic E-state index is 13.2. The van der Waals surface area contributed by atoms with Gasteiger partial charge >= 0.3 is 0 Å². The van der Waals surface area contributed by atoms with Crippen LogP contribution in [0.15, 0.2) is 40.9 Å². The molecule has 2 aromatic rings. The van der Waals surface area contributed by atoms with Crippen LogP contribution in [0.25, 0.3) is 0 Å². The number of benzene rings is 2. The van der Waals surface area contributed by atoms with Crippen LogP contribution in [0.1, 0.15) is 42.1 Å². The zero-order valence-corrected chi connectivity index (χ0v) is 18.3. The van der Waals surface area contributed by atoms with Crippen LogP contribution >= 0.6 is 15.9 Å². The molecular formula is C22H24BrNO5. The fourth-order valence-electron chi connectivity index (χ4n) is 3.59. The molecule has 3 rings (SSSR count). The highest BCUT2D eigenvalue weighted by molar-refractivity contribution is 9.10. The number of ether oxygens (including phenoxy) is 2. The lowest BCUT2D eigenvalue weighted by molar-refractivity contribution is -0.135. The van der Waals surface area contributed by atoms with E-state index in [9.17, 15) is 14.7 Å². The van der Waals surface area contributed by atoms with E-state index in [0.717, 1.165) is 17.3 Å². The number of unbranched alkanes of at least 4 members (excludes halogenated alkanes) is 1. The molecule has 0 radical (unpaired) electrons. The van der Waals surface area contributed by atoms with Gasteiger partial charge in [-0.15, -0.1) is 0 Å². The molecule has 29 heavy (non-hydrogen) atoms. The smallest absolute Gasteiger partial charge is 0.264 e. The lowest BCUT2D eigenvalue weighted by atomic mass is 9.88. The average Bonchev–Trinajstić information content (AvgIpc) is 2.92. The summed E-state index contributed by atoms with van der Waals surface area (Å²) in [6.45, 7) is 2.52. The van der Waals surface area contributed by atoms with E-state index in [2.05, 4.69) is 15.9 Å². The number of aliphatic hydroxyl groups is 1. The summed E-state index contributed by atoms with van der Waals surface area (Å²) >= 11 is 3.40. The third-order valence-corrected chi connectivity index (χ3v) is 5.65. The number of Topliss-reactive ketones (excluding diaryl/α,β-unsaturated/α-hetero) is 1. The van der Waals surface area contributed by atoms with Crippen LogP contribution in [0.3, 0.4) is 0 Å². The van der Waals surface area contributed by atoms with E-state index in [4.69, 9.17) is 9.47 Å². The van der Waals surface area contributed by atoms with Crippen LogP contribution in [-0.4, -0.2) is 37.6 Å². The van der Waals surface area contributed by atoms with Gasteiger partial charge in [0.1, 0.15) is 11.5 Å². The van der Waals surface area contributed by atoms with Crippen molar-refractivity contribution in [2.24, 2.45) is 0 Å². The molecule has 0 bridgehead atoms. The second-order valence-electron chi connectivity index (χ2n) is 7.00. The first kappa shape index (κ1) is 21.3. The topological polar surface area (TPSA) is 76.1 Å². The Kier molecular flexibility index (Phi) is 6.29. The molecule has 0 spiro atoms. The van der Waals surface area contributed by atoms with Gasteiger partial charge in [-0.2, -0.15) is 0 Å². The van der Waals surface area contributed by atoms with Gasteiger partial charge in [-0.25, -0.2) is 0 Å². The van der Waals surface area contributed by atoms with E-state index >= 15 is 0 Å². The number of hydrogen-bond acceptors (Lipinski definition) is 5. The third kappa shape index (κ3) is 3.89. The minimum absolute atomic E-state index is 0.261. The van der Waals surface area contributed by atoms with Gasteiger partial charge in [-0.05, 0) is 42.8 Å². The summed E-state index contributed by atoms with van der Waals surface area (Å²) in [5.74, 6) is -0.0251. The second-order valence-corrected chi connectivity index (χ2v) is 7.91. The molecule has 0 aromatic heterocycles. The van der Waals surface area contributed by atoms with Crippen LogP contribution in [0.2, 0.25) is 0 Å². The number of anilines is 1. The Labute approximate surface area is 178 Å². The third-order valence-electron chi connectivity index (χ3n) is 5.15. The molecule has 1 N–H and O–H groups in total. The normalized spacial score (nSPS) is 18.0. The molecule has 1 aliphatic heterocycles. The van der Waals surface area contributed by atoms with Gasteiger partial charge < -0.3 is 19.5 Å². The standard InChI is InChI=1S/C22H24BrNO5/c1-4-5-10-24-18-8-6-14(23)11-17(18)22(27,21(24)26)13-19(25)16-12-15(28-2)7-9-20(16)29-3/h6-9,11-12,27H,4-5,10,13H2,1-3H3. The van der Waals surface area contributed by atoms with Crippen molar-refractivity contribution in [2.45, 2.75) is 31.8 Å². The summed E-state index contributed by atoms with van der Waals surface area (Å²) in [6.07, 6.45) is 1.32. The highest BCUT2D eigenvalue weighted by Crippen LogP contribution is 2.44. The lowest BCUT2D eigenvalue weighted by Gasteiger charge is -2.23. The maximum Gasteiger partial charge on any atom is 0.264 e. The minimum Gasteiger partial charge on any atom is -0.497 e. The zero-order chi connectivity index (χ0) is 21.2. The monoisotopic (exact) mass is 461 g/mol. The van der Waals surface area contributed by atoms with Gasteiger partial charge in [-0.3, -0.25) is 9.59 Å². The Morgan fingerprint density at radius 2 is 1.93 bits per heavy atom. The number of methoxy groups -OCH3 is 2. The summed E-state index contributed by atoms with van der Waals surface area (Å²) < 4.78 is 11.2. The van der Waals surface area contributed by atoms with Crippen molar-refractivity contribution < 1.29 is 24.2 Å². The van der Waals surface area contributed by atoms with Crippen LogP contribution in [0, 0.1) is 0 Å². The number of fused-ring (bicyclic) bond motifs is 1. The summed E-state index contributed by atoms with van der Waals surface area (Å²) in [5, 5.41) is 11.4. The van der Waals surface area contributed by atoms with Crippen LogP contribution in [-0.2, 0) is 10.4 Å². The Bertz CT molecular complexity index is 945. The predicted molar refractivity (Wildman–Crippen MR) is 114 cm³/mol. The molecule has 0 fully saturated rings. The Morgan fingerprint density at radius 3 is 2.59 bits per heavy atom. The average molecular weight is 462 g/mol. The van der Waals surface area contributed by atoms with Crippen molar-refractivity contribution in [3.05, 3.63) is 52.0 Å². The van der Waals surface area contributed by atoms with E-state index in [1.54, 1.807) is 35.2 Å². The van der Waals surface area contributed by atoms with E-state index in [1.807, 2.05) is 13.0 Å². The summed E-state index contributed by atoms with van der Waals surface area (Å²) in [4.78, 5) is 27.9. The summed E-state index contributed by atoms with van der Waals surface area (Å²) in [5.41, 5.74) is -0.600. The highest BCUT2D eigenvalue weighted by Gasteiger charge is 2.51. The van der Waals surface area contributed by atoms with E-state index in [-0.39, 0.29) is 12.0 Å². The van der Waals surface area contributed by atoms with E-state index in [0.29, 0.717) is 29.3 Å². The molecule has 154 valence electrons. The van der Waals surface area contributed by atoms with Crippen molar-refractivity contribution in [3.63, 3.8) is 0 Å². The predicted octanol–water partition coefficient (Wildman–Crippen LogP) is 4.07. The van der Waals surface area contributed by atoms with Gasteiger partial charge in [0.05, 0.1) is 31.9 Å². The molecule has 1 atom stereocenters. The number of halogens is 1. The van der Waals surface area contributed by atoms with E-state index < -0.39 is 17.3 Å². The van der Waals surface area contributed by atoms with Gasteiger partial charge in [-0.1, -0.05) is 29.3 Å². The van der Waals surface area contributed by atoms with E-state index in [1.165, 1.54) is 14.2 Å². The number of carbonyl (C=O) groups excluding carboxylic acids is 2. The van der Waals surface area contributed by atoms with Crippen molar-refractivity contribution in [3.8, 4) is 11.5 Å². The molecule has 6 nitrogen and oxygen atoms in total. The largest absolute Gasteiger partial charge is 0.497 e.